The summed E-state index contributed by atoms with van der Waals surface area (Å²) in [7, 11) is 1.63. The normalized spacial score (nSPS) is 17.5. The number of carbonyl (C=O) groups excluding carboxylic acids is 5. The summed E-state index contributed by atoms with van der Waals surface area (Å²) in [6, 6.07) is 17.5. The molecule has 2 fully saturated rings. The number of benzene rings is 2. The van der Waals surface area contributed by atoms with Gasteiger partial charge in [0.05, 0.1) is 12.1 Å². The highest BCUT2D eigenvalue weighted by Crippen LogP contribution is 2.41. The lowest BCUT2D eigenvalue weighted by atomic mass is 9.72. The van der Waals surface area contributed by atoms with Gasteiger partial charge in [0.15, 0.2) is 11.6 Å². The lowest BCUT2D eigenvalue weighted by Crippen LogP contribution is -2.63. The Kier molecular flexibility index (Phi) is 15.4. The zero-order valence-corrected chi connectivity index (χ0v) is 31.4. The van der Waals surface area contributed by atoms with Gasteiger partial charge in [-0.3, -0.25) is 19.2 Å². The molecule has 4 rings (SSSR count). The number of piperidine rings is 1. The Bertz CT molecular complexity index is 1470. The molecule has 6 N–H and O–H groups in total. The van der Waals surface area contributed by atoms with Crippen LogP contribution in [0.3, 0.4) is 0 Å². The number of likely N-dealkylation sites (tertiary alicyclic amines) is 2. The summed E-state index contributed by atoms with van der Waals surface area (Å²) in [6.45, 7) is 7.08. The fourth-order valence-corrected chi connectivity index (χ4v) is 7.64. The third kappa shape index (κ3) is 11.7. The Hall–Kier alpha value is -4.09. The van der Waals surface area contributed by atoms with Gasteiger partial charge in [0.2, 0.25) is 11.8 Å². The van der Waals surface area contributed by atoms with Gasteiger partial charge >= 0.3 is 6.03 Å². The fraction of sp³-hybridized carbons (Fsp3) is 0.585. The Labute approximate surface area is 309 Å². The van der Waals surface area contributed by atoms with E-state index in [2.05, 4.69) is 10.6 Å². The molecule has 0 unspecified atom stereocenters. The number of amides is 4. The van der Waals surface area contributed by atoms with Crippen LogP contribution in [0.1, 0.15) is 76.3 Å². The molecule has 11 heteroatoms. The second kappa shape index (κ2) is 19.7. The van der Waals surface area contributed by atoms with Gasteiger partial charge < -0.3 is 31.9 Å². The van der Waals surface area contributed by atoms with E-state index in [-0.39, 0.29) is 53.6 Å². The van der Waals surface area contributed by atoms with Gasteiger partial charge in [-0.2, -0.15) is 0 Å². The molecule has 2 aromatic rings. The summed E-state index contributed by atoms with van der Waals surface area (Å²) in [4.78, 5) is 71.3. The fourth-order valence-electron chi connectivity index (χ4n) is 7.64. The molecule has 4 amide bonds. The van der Waals surface area contributed by atoms with Crippen molar-refractivity contribution in [1.82, 2.24) is 20.4 Å². The van der Waals surface area contributed by atoms with Gasteiger partial charge in [0, 0.05) is 63.3 Å². The summed E-state index contributed by atoms with van der Waals surface area (Å²) in [5, 5.41) is 5.71. The van der Waals surface area contributed by atoms with Crippen molar-refractivity contribution in [1.29, 1.82) is 0 Å². The van der Waals surface area contributed by atoms with Crippen LogP contribution in [0, 0.1) is 23.2 Å². The van der Waals surface area contributed by atoms with Crippen molar-refractivity contribution in [3.05, 3.63) is 71.8 Å². The molecule has 2 heterocycles. The SMILES string of the molecule is CNC(=O)N1CC2(CCN(C(=O)[C@@H](CCCCN)CC(=O)[C@@H](CC(C)C)NC(=O)[C@H](CC(=O)[C@H](N)Cc3ccccc3)Cc3ccccc3)CC2)C1. The monoisotopic (exact) mass is 716 g/mol. The van der Waals surface area contributed by atoms with Crippen LogP contribution in [-0.4, -0.2) is 91.1 Å². The third-order valence-corrected chi connectivity index (χ3v) is 10.8. The van der Waals surface area contributed by atoms with Crippen LogP contribution in [0.2, 0.25) is 0 Å². The first-order valence-corrected chi connectivity index (χ1v) is 19.1. The third-order valence-electron chi connectivity index (χ3n) is 10.8. The average molecular weight is 717 g/mol. The second-order valence-corrected chi connectivity index (χ2v) is 15.4. The number of hydrogen-bond acceptors (Lipinski definition) is 7. The number of hydrogen-bond donors (Lipinski definition) is 4. The van der Waals surface area contributed by atoms with Crippen molar-refractivity contribution in [2.75, 3.05) is 39.8 Å². The van der Waals surface area contributed by atoms with Crippen molar-refractivity contribution >= 4 is 29.4 Å². The number of ketones is 2. The number of carbonyl (C=O) groups is 5. The molecule has 11 nitrogen and oxygen atoms in total. The first kappa shape index (κ1) is 40.7. The minimum absolute atomic E-state index is 0.0252. The van der Waals surface area contributed by atoms with Crippen molar-refractivity contribution < 1.29 is 24.0 Å². The van der Waals surface area contributed by atoms with Crippen molar-refractivity contribution in [3.63, 3.8) is 0 Å². The summed E-state index contributed by atoms with van der Waals surface area (Å²) in [6.07, 6.45) is 4.76. The lowest BCUT2D eigenvalue weighted by Gasteiger charge is -2.53. The van der Waals surface area contributed by atoms with E-state index in [4.69, 9.17) is 11.5 Å². The second-order valence-electron chi connectivity index (χ2n) is 15.4. The molecule has 0 aliphatic carbocycles. The maximum atomic E-state index is 14.1. The minimum atomic E-state index is -0.793. The molecule has 4 atom stereocenters. The van der Waals surface area contributed by atoms with E-state index in [0.717, 1.165) is 36.8 Å². The van der Waals surface area contributed by atoms with Gasteiger partial charge in [-0.1, -0.05) is 80.9 Å². The van der Waals surface area contributed by atoms with Crippen LogP contribution in [0.4, 0.5) is 4.79 Å². The first-order chi connectivity index (χ1) is 24.9. The molecule has 2 aliphatic heterocycles. The maximum absolute atomic E-state index is 14.1. The molecule has 0 aromatic heterocycles. The van der Waals surface area contributed by atoms with Crippen molar-refractivity contribution in [2.45, 2.75) is 90.1 Å². The van der Waals surface area contributed by atoms with E-state index >= 15 is 0 Å². The van der Waals surface area contributed by atoms with Gasteiger partial charge in [-0.15, -0.1) is 0 Å². The highest BCUT2D eigenvalue weighted by molar-refractivity contribution is 5.94. The highest BCUT2D eigenvalue weighted by atomic mass is 16.2. The summed E-state index contributed by atoms with van der Waals surface area (Å²) in [5.74, 6) is -1.90. The van der Waals surface area contributed by atoms with Gasteiger partial charge in [0.1, 0.15) is 0 Å². The van der Waals surface area contributed by atoms with E-state index in [1.54, 1.807) is 11.9 Å². The predicted molar refractivity (Wildman–Crippen MR) is 203 cm³/mol. The van der Waals surface area contributed by atoms with Gasteiger partial charge in [0.25, 0.3) is 0 Å². The van der Waals surface area contributed by atoms with E-state index < -0.39 is 23.9 Å². The Morgan fingerprint density at radius 2 is 1.37 bits per heavy atom. The molecule has 1 spiro atoms. The smallest absolute Gasteiger partial charge is 0.317 e. The Morgan fingerprint density at radius 3 is 1.92 bits per heavy atom. The van der Waals surface area contributed by atoms with Crippen LogP contribution in [0.15, 0.2) is 60.7 Å². The van der Waals surface area contributed by atoms with Crippen molar-refractivity contribution in [3.8, 4) is 0 Å². The molecule has 284 valence electrons. The quantitative estimate of drug-likeness (QED) is 0.160. The molecule has 2 aromatic carbocycles. The maximum Gasteiger partial charge on any atom is 0.317 e. The van der Waals surface area contributed by atoms with Crippen LogP contribution in [0.25, 0.3) is 0 Å². The number of Topliss-reactive ketones (excluding diaryl/α,β-unsaturated/α-hetero) is 2. The molecule has 2 aliphatic rings. The number of unbranched alkanes of at least 4 members (excludes halogenated alkanes) is 1. The molecular weight excluding hydrogens is 656 g/mol. The van der Waals surface area contributed by atoms with E-state index in [0.29, 0.717) is 58.4 Å². The molecule has 0 bridgehead atoms. The zero-order valence-electron chi connectivity index (χ0n) is 31.4. The first-order valence-electron chi connectivity index (χ1n) is 19.1. The highest BCUT2D eigenvalue weighted by Gasteiger charge is 2.47. The van der Waals surface area contributed by atoms with Crippen LogP contribution >= 0.6 is 0 Å². The average Bonchev–Trinajstić information content (AvgIpc) is 3.12. The van der Waals surface area contributed by atoms with E-state index in [1.165, 1.54) is 0 Å². The van der Waals surface area contributed by atoms with E-state index in [1.807, 2.05) is 79.4 Å². The van der Waals surface area contributed by atoms with E-state index in [9.17, 15) is 24.0 Å². The largest absolute Gasteiger partial charge is 0.346 e. The topological polar surface area (TPSA) is 168 Å². The zero-order chi connectivity index (χ0) is 37.7. The standard InChI is InChI=1S/C41H60N6O5/c1-29(2)22-35(45-38(50)33(23-30-12-6-4-7-13-30)26-36(48)34(43)24-31-14-8-5-9-15-31)37(49)25-32(16-10-11-19-42)39(51)46-20-17-41(18-21-46)27-47(28-41)40(52)44-3/h4-9,12-15,29,32-35H,10-11,16-28,42-43H2,1-3H3,(H,44,52)(H,45,50)/t32-,33-,34+,35+/m0/s1. The van der Waals surface area contributed by atoms with Crippen molar-refractivity contribution in [2.24, 2.45) is 34.6 Å². The summed E-state index contributed by atoms with van der Waals surface area (Å²) in [5.41, 5.74) is 14.0. The number of nitrogens with two attached hydrogens (primary N) is 2. The molecule has 0 saturated carbocycles. The summed E-state index contributed by atoms with van der Waals surface area (Å²) < 4.78 is 0. The Balaban J connectivity index is 1.44. The molecule has 52 heavy (non-hydrogen) atoms. The summed E-state index contributed by atoms with van der Waals surface area (Å²) >= 11 is 0. The number of rotatable bonds is 19. The lowest BCUT2D eigenvalue weighted by molar-refractivity contribution is -0.142. The van der Waals surface area contributed by atoms with Crippen LogP contribution in [0.5, 0.6) is 0 Å². The number of nitrogens with one attached hydrogen (secondary N) is 2. The minimum Gasteiger partial charge on any atom is -0.346 e. The molecule has 2 saturated heterocycles. The number of urea groups is 1. The van der Waals surface area contributed by atoms with Crippen LogP contribution in [-0.2, 0) is 32.0 Å². The number of nitrogens with zero attached hydrogens (tertiary/aromatic N) is 2. The van der Waals surface area contributed by atoms with Crippen LogP contribution < -0.4 is 22.1 Å². The molecular formula is C41H60N6O5. The molecule has 0 radical (unpaired) electrons. The Morgan fingerprint density at radius 1 is 0.788 bits per heavy atom. The predicted octanol–water partition coefficient (Wildman–Crippen LogP) is 3.87. The van der Waals surface area contributed by atoms with Gasteiger partial charge in [-0.25, -0.2) is 4.79 Å². The van der Waals surface area contributed by atoms with Gasteiger partial charge in [-0.05, 0) is 68.5 Å².